The van der Waals surface area contributed by atoms with Crippen LogP contribution in [0.15, 0.2) is 41.8 Å². The van der Waals surface area contributed by atoms with Crippen molar-refractivity contribution in [1.82, 2.24) is 14.5 Å². The SMILES string of the molecule is CCOC(=O)C1CCCN(C(=O)c2cccc(CSc3nccn3C)c2)C1. The minimum atomic E-state index is -0.218. The Balaban J connectivity index is 1.64. The standard InChI is InChI=1S/C20H25N3O3S/c1-3-26-19(25)17-8-5-10-23(13-17)18(24)16-7-4-6-15(12-16)14-27-20-21-9-11-22(20)2/h4,6-7,9,11-12,17H,3,5,8,10,13-14H2,1-2H3. The Morgan fingerprint density at radius 3 is 2.96 bits per heavy atom. The number of hydrogen-bond donors (Lipinski definition) is 0. The molecule has 0 saturated carbocycles. The Kier molecular flexibility index (Phi) is 6.55. The molecule has 3 rings (SSSR count). The number of aromatic nitrogens is 2. The van der Waals surface area contributed by atoms with Crippen LogP contribution in [-0.4, -0.2) is 46.0 Å². The minimum absolute atomic E-state index is 0.0205. The topological polar surface area (TPSA) is 64.4 Å². The van der Waals surface area contributed by atoms with Gasteiger partial charge in [-0.2, -0.15) is 0 Å². The number of imidazole rings is 1. The summed E-state index contributed by atoms with van der Waals surface area (Å²) in [5, 5.41) is 0.944. The first kappa shape index (κ1) is 19.5. The summed E-state index contributed by atoms with van der Waals surface area (Å²) in [6.45, 7) is 3.29. The molecule has 144 valence electrons. The summed E-state index contributed by atoms with van der Waals surface area (Å²) in [5.74, 6) is 0.310. The quantitative estimate of drug-likeness (QED) is 0.563. The van der Waals surface area contributed by atoms with E-state index in [1.165, 1.54) is 0 Å². The average molecular weight is 388 g/mol. The number of ether oxygens (including phenoxy) is 1. The fraction of sp³-hybridized carbons (Fsp3) is 0.450. The first-order valence-corrected chi connectivity index (χ1v) is 10.2. The number of hydrogen-bond acceptors (Lipinski definition) is 5. The number of carbonyl (C=O) groups excluding carboxylic acids is 2. The number of carbonyl (C=O) groups is 2. The summed E-state index contributed by atoms with van der Waals surface area (Å²) in [5.41, 5.74) is 1.74. The highest BCUT2D eigenvalue weighted by Gasteiger charge is 2.29. The number of benzene rings is 1. The lowest BCUT2D eigenvalue weighted by atomic mass is 9.97. The van der Waals surface area contributed by atoms with Gasteiger partial charge < -0.3 is 14.2 Å². The van der Waals surface area contributed by atoms with Crippen LogP contribution >= 0.6 is 11.8 Å². The van der Waals surface area contributed by atoms with Crippen molar-refractivity contribution in [2.45, 2.75) is 30.7 Å². The summed E-state index contributed by atoms with van der Waals surface area (Å²) in [6.07, 6.45) is 5.30. The number of piperidine rings is 1. The molecule has 27 heavy (non-hydrogen) atoms. The van der Waals surface area contributed by atoms with Crippen LogP contribution in [0.4, 0.5) is 0 Å². The predicted molar refractivity (Wildman–Crippen MR) is 104 cm³/mol. The Morgan fingerprint density at radius 1 is 1.37 bits per heavy atom. The maximum Gasteiger partial charge on any atom is 0.310 e. The molecule has 7 heteroatoms. The summed E-state index contributed by atoms with van der Waals surface area (Å²) in [7, 11) is 1.96. The molecule has 1 saturated heterocycles. The molecular weight excluding hydrogens is 362 g/mol. The van der Waals surface area contributed by atoms with E-state index in [0.29, 0.717) is 25.3 Å². The molecule has 2 aromatic rings. The molecule has 1 aromatic carbocycles. The highest BCUT2D eigenvalue weighted by molar-refractivity contribution is 7.98. The van der Waals surface area contributed by atoms with E-state index in [2.05, 4.69) is 4.98 Å². The van der Waals surface area contributed by atoms with Crippen LogP contribution in [0.3, 0.4) is 0 Å². The lowest BCUT2D eigenvalue weighted by molar-refractivity contribution is -0.149. The van der Waals surface area contributed by atoms with Gasteiger partial charge in [0.25, 0.3) is 5.91 Å². The van der Waals surface area contributed by atoms with E-state index in [1.807, 2.05) is 42.1 Å². The molecule has 0 N–H and O–H groups in total. The smallest absolute Gasteiger partial charge is 0.310 e. The Labute approximate surface area is 163 Å². The molecule has 0 aliphatic carbocycles. The fourth-order valence-electron chi connectivity index (χ4n) is 3.23. The van der Waals surface area contributed by atoms with Gasteiger partial charge >= 0.3 is 5.97 Å². The van der Waals surface area contributed by atoms with Crippen LogP contribution in [0.25, 0.3) is 0 Å². The summed E-state index contributed by atoms with van der Waals surface area (Å²) < 4.78 is 7.10. The fourth-order valence-corrected chi connectivity index (χ4v) is 4.10. The molecule has 1 amide bonds. The average Bonchev–Trinajstić information content (AvgIpc) is 3.11. The lowest BCUT2D eigenvalue weighted by Crippen LogP contribution is -2.42. The van der Waals surface area contributed by atoms with Crippen LogP contribution in [0.2, 0.25) is 0 Å². The Bertz CT molecular complexity index is 805. The maximum absolute atomic E-state index is 12.9. The second kappa shape index (κ2) is 9.08. The third kappa shape index (κ3) is 4.91. The largest absolute Gasteiger partial charge is 0.466 e. The molecule has 6 nitrogen and oxygen atoms in total. The third-order valence-electron chi connectivity index (χ3n) is 4.65. The minimum Gasteiger partial charge on any atom is -0.466 e. The second-order valence-electron chi connectivity index (χ2n) is 6.65. The van der Waals surface area contributed by atoms with Crippen LogP contribution in [-0.2, 0) is 22.3 Å². The van der Waals surface area contributed by atoms with Gasteiger partial charge in [-0.05, 0) is 37.5 Å². The second-order valence-corrected chi connectivity index (χ2v) is 7.59. The van der Waals surface area contributed by atoms with Crippen LogP contribution in [0.1, 0.15) is 35.7 Å². The first-order chi connectivity index (χ1) is 13.1. The molecule has 0 spiro atoms. The van der Waals surface area contributed by atoms with Gasteiger partial charge in [0, 0.05) is 43.8 Å². The van der Waals surface area contributed by atoms with Gasteiger partial charge in [-0.15, -0.1) is 0 Å². The van der Waals surface area contributed by atoms with Gasteiger partial charge in [0.05, 0.1) is 12.5 Å². The van der Waals surface area contributed by atoms with E-state index < -0.39 is 0 Å². The number of likely N-dealkylation sites (tertiary alicyclic amines) is 1. The molecule has 0 radical (unpaired) electrons. The normalized spacial score (nSPS) is 17.0. The number of aryl methyl sites for hydroxylation is 1. The van der Waals surface area contributed by atoms with Gasteiger partial charge in [0.15, 0.2) is 5.16 Å². The van der Waals surface area contributed by atoms with Gasteiger partial charge in [-0.25, -0.2) is 4.98 Å². The summed E-state index contributed by atoms with van der Waals surface area (Å²) in [4.78, 5) is 31.0. The predicted octanol–water partition coefficient (Wildman–Crippen LogP) is 3.13. The zero-order valence-corrected chi connectivity index (χ0v) is 16.6. The number of esters is 1. The third-order valence-corrected chi connectivity index (χ3v) is 5.78. The van der Waals surface area contributed by atoms with Crippen molar-refractivity contribution in [3.8, 4) is 0 Å². The van der Waals surface area contributed by atoms with Gasteiger partial charge in [-0.1, -0.05) is 23.9 Å². The molecule has 1 fully saturated rings. The molecule has 1 aromatic heterocycles. The molecule has 2 heterocycles. The van der Waals surface area contributed by atoms with E-state index in [1.54, 1.807) is 29.8 Å². The van der Waals surface area contributed by atoms with Crippen molar-refractivity contribution in [3.05, 3.63) is 47.8 Å². The van der Waals surface area contributed by atoms with Crippen molar-refractivity contribution in [3.63, 3.8) is 0 Å². The monoisotopic (exact) mass is 387 g/mol. The Hall–Kier alpha value is -2.28. The van der Waals surface area contributed by atoms with Crippen molar-refractivity contribution < 1.29 is 14.3 Å². The Morgan fingerprint density at radius 2 is 2.22 bits per heavy atom. The first-order valence-electron chi connectivity index (χ1n) is 9.23. The molecule has 1 aliphatic heterocycles. The number of rotatable bonds is 6. The summed E-state index contributed by atoms with van der Waals surface area (Å²) >= 11 is 1.64. The zero-order chi connectivity index (χ0) is 19.2. The number of nitrogens with zero attached hydrogens (tertiary/aromatic N) is 3. The van der Waals surface area contributed by atoms with Gasteiger partial charge in [0.1, 0.15) is 0 Å². The number of amides is 1. The van der Waals surface area contributed by atoms with Gasteiger partial charge in [-0.3, -0.25) is 9.59 Å². The zero-order valence-electron chi connectivity index (χ0n) is 15.8. The molecule has 1 aliphatic rings. The van der Waals surface area contributed by atoms with Crippen molar-refractivity contribution in [2.75, 3.05) is 19.7 Å². The van der Waals surface area contributed by atoms with Crippen molar-refractivity contribution in [2.24, 2.45) is 13.0 Å². The van der Waals surface area contributed by atoms with E-state index in [9.17, 15) is 9.59 Å². The summed E-state index contributed by atoms with van der Waals surface area (Å²) in [6, 6.07) is 7.70. The number of thioether (sulfide) groups is 1. The molecule has 1 unspecified atom stereocenters. The lowest BCUT2D eigenvalue weighted by Gasteiger charge is -2.31. The highest BCUT2D eigenvalue weighted by Crippen LogP contribution is 2.23. The van der Waals surface area contributed by atoms with Gasteiger partial charge in [0.2, 0.25) is 0 Å². The molecular formula is C20H25N3O3S. The van der Waals surface area contributed by atoms with E-state index in [4.69, 9.17) is 4.74 Å². The van der Waals surface area contributed by atoms with E-state index in [-0.39, 0.29) is 17.8 Å². The van der Waals surface area contributed by atoms with E-state index in [0.717, 1.165) is 29.3 Å². The van der Waals surface area contributed by atoms with Crippen molar-refractivity contribution in [1.29, 1.82) is 0 Å². The van der Waals surface area contributed by atoms with Crippen LogP contribution in [0, 0.1) is 5.92 Å². The van der Waals surface area contributed by atoms with E-state index >= 15 is 0 Å². The molecule has 1 atom stereocenters. The van der Waals surface area contributed by atoms with Crippen LogP contribution < -0.4 is 0 Å². The highest BCUT2D eigenvalue weighted by atomic mass is 32.2. The molecule has 0 bridgehead atoms. The van der Waals surface area contributed by atoms with Crippen molar-refractivity contribution >= 4 is 23.6 Å². The maximum atomic E-state index is 12.9. The van der Waals surface area contributed by atoms with Crippen LogP contribution in [0.5, 0.6) is 0 Å².